The van der Waals surface area contributed by atoms with Gasteiger partial charge in [0.25, 0.3) is 0 Å². The Labute approximate surface area is 214 Å². The third-order valence-corrected chi connectivity index (χ3v) is 13.2. The molecular weight excluding hydrogens is 436 g/mol. The van der Waals surface area contributed by atoms with Crippen molar-refractivity contribution in [2.24, 2.45) is 53.3 Å². The summed E-state index contributed by atoms with van der Waals surface area (Å²) < 4.78 is 18.9. The average molecular weight is 489 g/mol. The summed E-state index contributed by atoms with van der Waals surface area (Å²) in [5.41, 5.74) is 0. The van der Waals surface area contributed by atoms with E-state index < -0.39 is 0 Å². The lowest BCUT2D eigenvalue weighted by Crippen LogP contribution is -2.79. The van der Waals surface area contributed by atoms with E-state index in [0.29, 0.717) is 54.8 Å². The van der Waals surface area contributed by atoms with Crippen molar-refractivity contribution in [1.29, 1.82) is 0 Å². The third kappa shape index (κ3) is 3.30. The maximum absolute atomic E-state index is 6.38. The standard InChI is InChI=1S/C30H52N2O3/c1-10-22-26-21(28(33-9)18(6)29-30(26)35-13-34-29)12-24-27-25-17(5)15(3)14(2)16(4)20(25)11-23(31(27)8)19(7)32(22)24/h14-30H,10-13H2,1-9H3. The molecule has 2 aliphatic carbocycles. The molecule has 0 radical (unpaired) electrons. The molecule has 0 amide bonds. The van der Waals surface area contributed by atoms with E-state index >= 15 is 0 Å². The van der Waals surface area contributed by atoms with Crippen LogP contribution in [-0.2, 0) is 14.2 Å². The largest absolute Gasteiger partial charge is 0.381 e. The summed E-state index contributed by atoms with van der Waals surface area (Å²) in [6.07, 6.45) is 4.48. The fourth-order valence-corrected chi connectivity index (χ4v) is 11.2. The lowest BCUT2D eigenvalue weighted by Gasteiger charge is -2.70. The summed E-state index contributed by atoms with van der Waals surface area (Å²) >= 11 is 0. The second kappa shape index (κ2) is 8.93. The van der Waals surface area contributed by atoms with Gasteiger partial charge in [0.2, 0.25) is 0 Å². The van der Waals surface area contributed by atoms with Gasteiger partial charge >= 0.3 is 0 Å². The van der Waals surface area contributed by atoms with Gasteiger partial charge in [-0.2, -0.15) is 0 Å². The summed E-state index contributed by atoms with van der Waals surface area (Å²) in [7, 11) is 4.42. The minimum Gasteiger partial charge on any atom is -0.381 e. The molecule has 4 saturated heterocycles. The Bertz CT molecular complexity index is 794. The van der Waals surface area contributed by atoms with E-state index in [2.05, 4.69) is 65.3 Å². The zero-order valence-electron chi connectivity index (χ0n) is 23.8. The van der Waals surface area contributed by atoms with Crippen LogP contribution in [0.25, 0.3) is 0 Å². The quantitative estimate of drug-likeness (QED) is 0.561. The van der Waals surface area contributed by atoms with Crippen molar-refractivity contribution in [3.05, 3.63) is 0 Å². The van der Waals surface area contributed by atoms with E-state index in [1.807, 2.05) is 7.11 Å². The van der Waals surface area contributed by atoms with Gasteiger partial charge in [-0.05, 0) is 74.7 Å². The smallest absolute Gasteiger partial charge is 0.147 e. The Hall–Kier alpha value is -0.200. The number of fused-ring (bicyclic) bond motifs is 9. The maximum atomic E-state index is 6.38. The number of methoxy groups -OCH3 is 1. The normalized spacial score (nSPS) is 60.4. The highest BCUT2D eigenvalue weighted by molar-refractivity contribution is 5.17. The van der Waals surface area contributed by atoms with Crippen LogP contribution < -0.4 is 0 Å². The molecule has 0 aromatic rings. The highest BCUT2D eigenvalue weighted by Crippen LogP contribution is 2.59. The molecule has 4 heterocycles. The number of piperidine rings is 2. The molecular formula is C30H52N2O3. The van der Waals surface area contributed by atoms with E-state index in [0.717, 1.165) is 35.5 Å². The van der Waals surface area contributed by atoms with Crippen LogP contribution in [0.5, 0.6) is 0 Å². The topological polar surface area (TPSA) is 34.2 Å². The first kappa shape index (κ1) is 25.1. The molecule has 5 heteroatoms. The molecule has 5 nitrogen and oxygen atoms in total. The number of likely N-dealkylation sites (N-methyl/N-ethyl adjacent to an activating group) is 1. The van der Waals surface area contributed by atoms with Gasteiger partial charge in [-0.1, -0.05) is 41.5 Å². The van der Waals surface area contributed by atoms with Crippen molar-refractivity contribution in [2.75, 3.05) is 21.0 Å². The number of hydrogen-bond acceptors (Lipinski definition) is 5. The molecule has 17 unspecified atom stereocenters. The first-order valence-corrected chi connectivity index (χ1v) is 15.0. The number of piperazine rings is 1. The Morgan fingerprint density at radius 1 is 0.771 bits per heavy atom. The number of nitrogens with zero attached hydrogens (tertiary/aromatic N) is 2. The molecule has 200 valence electrons. The minimum atomic E-state index is 0.181. The minimum absolute atomic E-state index is 0.181. The van der Waals surface area contributed by atoms with Crippen molar-refractivity contribution in [2.45, 2.75) is 116 Å². The first-order valence-electron chi connectivity index (χ1n) is 15.0. The number of rotatable bonds is 2. The van der Waals surface area contributed by atoms with Crippen molar-refractivity contribution >= 4 is 0 Å². The highest BCUT2D eigenvalue weighted by atomic mass is 16.7. The molecule has 0 N–H and O–H groups in total. The van der Waals surface area contributed by atoms with Gasteiger partial charge in [0, 0.05) is 49.2 Å². The fraction of sp³-hybridized carbons (Fsp3) is 1.00. The van der Waals surface area contributed by atoms with Crippen molar-refractivity contribution in [3.8, 4) is 0 Å². The Morgan fingerprint density at radius 2 is 1.43 bits per heavy atom. The predicted octanol–water partition coefficient (Wildman–Crippen LogP) is 4.74. The summed E-state index contributed by atoms with van der Waals surface area (Å²) in [6, 6.07) is 3.07. The zero-order chi connectivity index (χ0) is 24.9. The van der Waals surface area contributed by atoms with Crippen molar-refractivity contribution < 1.29 is 14.2 Å². The molecule has 6 aliphatic rings. The molecule has 0 aromatic heterocycles. The van der Waals surface area contributed by atoms with Gasteiger partial charge in [0.15, 0.2) is 0 Å². The molecule has 6 rings (SSSR count). The molecule has 0 aromatic carbocycles. The Balaban J connectivity index is 1.42. The van der Waals surface area contributed by atoms with Crippen molar-refractivity contribution in [3.63, 3.8) is 0 Å². The maximum Gasteiger partial charge on any atom is 0.147 e. The van der Waals surface area contributed by atoms with E-state index in [1.54, 1.807) is 0 Å². The lowest BCUT2D eigenvalue weighted by molar-refractivity contribution is -0.226. The highest BCUT2D eigenvalue weighted by Gasteiger charge is 2.65. The molecule has 0 spiro atoms. The van der Waals surface area contributed by atoms with Crippen LogP contribution in [0.3, 0.4) is 0 Å². The second-order valence-electron chi connectivity index (χ2n) is 13.8. The van der Waals surface area contributed by atoms with Crippen LogP contribution in [0.15, 0.2) is 0 Å². The molecule has 2 saturated carbocycles. The van der Waals surface area contributed by atoms with Crippen LogP contribution in [-0.4, -0.2) is 79.3 Å². The van der Waals surface area contributed by atoms with E-state index in [9.17, 15) is 0 Å². The van der Waals surface area contributed by atoms with Gasteiger partial charge in [0.1, 0.15) is 6.79 Å². The van der Waals surface area contributed by atoms with Crippen LogP contribution in [0.4, 0.5) is 0 Å². The van der Waals surface area contributed by atoms with Crippen LogP contribution in [0.1, 0.15) is 67.7 Å². The van der Waals surface area contributed by atoms with Gasteiger partial charge in [-0.15, -0.1) is 0 Å². The summed E-state index contributed by atoms with van der Waals surface area (Å²) in [5, 5.41) is 0. The summed E-state index contributed by atoms with van der Waals surface area (Å²) in [6.45, 7) is 18.0. The molecule has 2 bridgehead atoms. The van der Waals surface area contributed by atoms with Gasteiger partial charge in [-0.3, -0.25) is 9.80 Å². The van der Waals surface area contributed by atoms with Gasteiger partial charge in [-0.25, -0.2) is 0 Å². The predicted molar refractivity (Wildman–Crippen MR) is 139 cm³/mol. The summed E-state index contributed by atoms with van der Waals surface area (Å²) in [5.74, 6) is 6.35. The molecule has 35 heavy (non-hydrogen) atoms. The van der Waals surface area contributed by atoms with E-state index in [-0.39, 0.29) is 18.3 Å². The van der Waals surface area contributed by atoms with Crippen molar-refractivity contribution in [1.82, 2.24) is 9.80 Å². The van der Waals surface area contributed by atoms with Crippen LogP contribution >= 0.6 is 0 Å². The number of ether oxygens (including phenoxy) is 3. The Kier molecular flexibility index (Phi) is 6.41. The molecule has 4 aliphatic heterocycles. The molecule has 17 atom stereocenters. The van der Waals surface area contributed by atoms with Crippen LogP contribution in [0, 0.1) is 53.3 Å². The van der Waals surface area contributed by atoms with Gasteiger partial charge in [0.05, 0.1) is 18.3 Å². The average Bonchev–Trinajstić information content (AvgIpc) is 3.34. The monoisotopic (exact) mass is 488 g/mol. The number of hydrogen-bond donors (Lipinski definition) is 0. The molecule has 6 fully saturated rings. The zero-order valence-corrected chi connectivity index (χ0v) is 23.8. The van der Waals surface area contributed by atoms with Gasteiger partial charge < -0.3 is 14.2 Å². The third-order valence-electron chi connectivity index (χ3n) is 13.2. The van der Waals surface area contributed by atoms with E-state index in [4.69, 9.17) is 14.2 Å². The summed E-state index contributed by atoms with van der Waals surface area (Å²) in [4.78, 5) is 5.91. The Morgan fingerprint density at radius 3 is 2.11 bits per heavy atom. The second-order valence-corrected chi connectivity index (χ2v) is 13.8. The fourth-order valence-electron chi connectivity index (χ4n) is 11.2. The lowest BCUT2D eigenvalue weighted by atomic mass is 9.50. The van der Waals surface area contributed by atoms with E-state index in [1.165, 1.54) is 19.3 Å². The first-order chi connectivity index (χ1) is 16.7. The SMILES string of the molecule is CCC1C2C(CC3C4C5C(C)C(C)C(C)C(C)C5CC(C(C)N13)N4C)C(OC)C(C)C1OCOC12. The van der Waals surface area contributed by atoms with Crippen LogP contribution in [0.2, 0.25) is 0 Å².